The number of ether oxygens (including phenoxy) is 1. The van der Waals surface area contributed by atoms with E-state index in [1.807, 2.05) is 50.2 Å². The molecule has 0 aliphatic rings. The monoisotopic (exact) mass is 459 g/mol. The van der Waals surface area contributed by atoms with E-state index in [0.29, 0.717) is 11.3 Å². The summed E-state index contributed by atoms with van der Waals surface area (Å²) < 4.78 is 33.2. The number of carbonyl (C=O) groups excluding carboxylic acids is 1. The Balaban J connectivity index is 2.16. The Morgan fingerprint density at radius 3 is 2.27 bits per heavy atom. The summed E-state index contributed by atoms with van der Waals surface area (Å²) in [6.45, 7) is 5.66. The Morgan fingerprint density at radius 2 is 1.61 bits per heavy atom. The molecule has 3 aromatic carbocycles. The lowest BCUT2D eigenvalue weighted by molar-refractivity contribution is -0.137. The molecule has 0 heterocycles. The molecule has 33 heavy (non-hydrogen) atoms. The number of hydrogen-bond donors (Lipinski definition) is 0. The number of hydrogen-bond acceptors (Lipinski definition) is 4. The van der Waals surface area contributed by atoms with Crippen LogP contribution in [0.2, 0.25) is 0 Å². The van der Waals surface area contributed by atoms with Gasteiger partial charge in [-0.2, -0.15) is 0 Å². The van der Waals surface area contributed by atoms with Gasteiger partial charge in [0.1, 0.15) is 0 Å². The maximum atomic E-state index is 13.6. The summed E-state index contributed by atoms with van der Waals surface area (Å²) in [6, 6.07) is 21.3. The highest BCUT2D eigenvalue weighted by Gasteiger charge is 2.25. The standard InChI is InChI=1S/C27H25NO4S/c1-4-32-27(29)18-19-28(33(30,31)25-15-10-21(2)11-16-25)26-17-12-22(3)20-24(26)14-13-23-8-6-5-7-9-23/h5-12,15-20H,4H2,1-3H3/b19-18+. The van der Waals surface area contributed by atoms with Crippen LogP contribution < -0.4 is 4.31 Å². The summed E-state index contributed by atoms with van der Waals surface area (Å²) in [5.74, 6) is 5.54. The van der Waals surface area contributed by atoms with E-state index in [-0.39, 0.29) is 11.5 Å². The van der Waals surface area contributed by atoms with Crippen LogP contribution in [-0.2, 0) is 19.6 Å². The molecule has 168 valence electrons. The molecule has 0 aliphatic heterocycles. The SMILES string of the molecule is CCOC(=O)/C=C/N(c1ccc(C)cc1C#Cc1ccccc1)S(=O)(=O)c1ccc(C)cc1. The zero-order valence-electron chi connectivity index (χ0n) is 18.8. The Morgan fingerprint density at radius 1 is 0.939 bits per heavy atom. The Bertz CT molecular complexity index is 1320. The first-order valence-corrected chi connectivity index (χ1v) is 11.9. The smallest absolute Gasteiger partial charge is 0.332 e. The van der Waals surface area contributed by atoms with Crippen molar-refractivity contribution in [3.63, 3.8) is 0 Å². The third-order valence-corrected chi connectivity index (χ3v) is 6.42. The van der Waals surface area contributed by atoms with Gasteiger partial charge < -0.3 is 4.74 Å². The fourth-order valence-electron chi connectivity index (χ4n) is 3.04. The van der Waals surface area contributed by atoms with Crippen molar-refractivity contribution in [3.8, 4) is 11.8 Å². The minimum Gasteiger partial charge on any atom is -0.463 e. The van der Waals surface area contributed by atoms with Crippen LogP contribution in [-0.4, -0.2) is 21.0 Å². The molecule has 0 saturated heterocycles. The fraction of sp³-hybridized carbons (Fsp3) is 0.148. The van der Waals surface area contributed by atoms with Crippen LogP contribution >= 0.6 is 0 Å². The van der Waals surface area contributed by atoms with Gasteiger partial charge in [0, 0.05) is 23.4 Å². The Hall–Kier alpha value is -3.82. The lowest BCUT2D eigenvalue weighted by atomic mass is 10.1. The molecule has 0 spiro atoms. The van der Waals surface area contributed by atoms with Crippen LogP contribution in [0.15, 0.2) is 90.0 Å². The molecule has 0 aliphatic carbocycles. The van der Waals surface area contributed by atoms with Gasteiger partial charge in [-0.1, -0.05) is 53.8 Å². The molecule has 5 nitrogen and oxygen atoms in total. The molecule has 0 saturated carbocycles. The number of nitrogens with zero attached hydrogens (tertiary/aromatic N) is 1. The van der Waals surface area contributed by atoms with Crippen LogP contribution in [0.4, 0.5) is 5.69 Å². The van der Waals surface area contributed by atoms with Gasteiger partial charge >= 0.3 is 5.97 Å². The van der Waals surface area contributed by atoms with Crippen LogP contribution in [0.3, 0.4) is 0 Å². The summed E-state index contributed by atoms with van der Waals surface area (Å²) in [5.41, 5.74) is 3.53. The molecular weight excluding hydrogens is 434 g/mol. The zero-order valence-corrected chi connectivity index (χ0v) is 19.6. The fourth-order valence-corrected chi connectivity index (χ4v) is 4.38. The van der Waals surface area contributed by atoms with Crippen LogP contribution in [0.1, 0.15) is 29.2 Å². The number of sulfonamides is 1. The summed E-state index contributed by atoms with van der Waals surface area (Å²) in [4.78, 5) is 12.1. The Labute approximate surface area is 195 Å². The van der Waals surface area contributed by atoms with E-state index in [1.165, 1.54) is 6.20 Å². The maximum absolute atomic E-state index is 13.6. The third kappa shape index (κ3) is 6.12. The van der Waals surface area contributed by atoms with Gasteiger partial charge in [-0.25, -0.2) is 17.5 Å². The molecule has 0 fully saturated rings. The molecule has 3 aromatic rings. The number of carbonyl (C=O) groups is 1. The van der Waals surface area contributed by atoms with Crippen molar-refractivity contribution >= 4 is 21.7 Å². The predicted octanol–water partition coefficient (Wildman–Crippen LogP) is 4.98. The summed E-state index contributed by atoms with van der Waals surface area (Å²) in [6.07, 6.45) is 2.31. The molecule has 0 aromatic heterocycles. The molecule has 0 N–H and O–H groups in total. The van der Waals surface area contributed by atoms with Crippen molar-refractivity contribution in [1.29, 1.82) is 0 Å². The van der Waals surface area contributed by atoms with Gasteiger partial charge in [0.25, 0.3) is 10.0 Å². The summed E-state index contributed by atoms with van der Waals surface area (Å²) in [5, 5.41) is 0. The average Bonchev–Trinajstić information content (AvgIpc) is 2.80. The van der Waals surface area contributed by atoms with Crippen molar-refractivity contribution in [2.24, 2.45) is 0 Å². The number of anilines is 1. The summed E-state index contributed by atoms with van der Waals surface area (Å²) >= 11 is 0. The summed E-state index contributed by atoms with van der Waals surface area (Å²) in [7, 11) is -4.03. The lowest BCUT2D eigenvalue weighted by Crippen LogP contribution is -2.27. The van der Waals surface area contributed by atoms with Gasteiger partial charge in [-0.15, -0.1) is 0 Å². The minimum atomic E-state index is -4.03. The quantitative estimate of drug-likeness (QED) is 0.296. The number of rotatable bonds is 6. The van der Waals surface area contributed by atoms with Gasteiger partial charge in [0.2, 0.25) is 0 Å². The highest BCUT2D eigenvalue weighted by atomic mass is 32.2. The van der Waals surface area contributed by atoms with Crippen molar-refractivity contribution in [2.75, 3.05) is 10.9 Å². The highest BCUT2D eigenvalue weighted by Crippen LogP contribution is 2.28. The Kier molecular flexibility index (Phi) is 7.70. The first kappa shape index (κ1) is 23.8. The van der Waals surface area contributed by atoms with E-state index >= 15 is 0 Å². The van der Waals surface area contributed by atoms with E-state index in [4.69, 9.17) is 4.74 Å². The largest absolute Gasteiger partial charge is 0.463 e. The molecule has 3 rings (SSSR count). The van der Waals surface area contributed by atoms with E-state index in [2.05, 4.69) is 11.8 Å². The molecule has 0 bridgehead atoms. The van der Waals surface area contributed by atoms with Crippen LogP contribution in [0.25, 0.3) is 0 Å². The molecule has 0 radical (unpaired) electrons. The van der Waals surface area contributed by atoms with Crippen molar-refractivity contribution < 1.29 is 17.9 Å². The van der Waals surface area contributed by atoms with Crippen LogP contribution in [0, 0.1) is 25.7 Å². The second-order valence-electron chi connectivity index (χ2n) is 7.32. The third-order valence-electron chi connectivity index (χ3n) is 4.72. The molecule has 0 amide bonds. The van der Waals surface area contributed by atoms with E-state index in [9.17, 15) is 13.2 Å². The first-order chi connectivity index (χ1) is 15.8. The van der Waals surface area contributed by atoms with E-state index < -0.39 is 16.0 Å². The normalized spacial score (nSPS) is 11.0. The van der Waals surface area contributed by atoms with Crippen LogP contribution in [0.5, 0.6) is 0 Å². The molecular formula is C27H25NO4S. The average molecular weight is 460 g/mol. The molecule has 0 unspecified atom stereocenters. The van der Waals surface area contributed by atoms with Gasteiger partial charge in [-0.3, -0.25) is 0 Å². The number of benzene rings is 3. The van der Waals surface area contributed by atoms with Crippen molar-refractivity contribution in [1.82, 2.24) is 0 Å². The van der Waals surface area contributed by atoms with Crippen molar-refractivity contribution in [3.05, 3.63) is 107 Å². The predicted molar refractivity (Wildman–Crippen MR) is 130 cm³/mol. The van der Waals surface area contributed by atoms with Crippen molar-refractivity contribution in [2.45, 2.75) is 25.7 Å². The van der Waals surface area contributed by atoms with Gasteiger partial charge in [0.15, 0.2) is 0 Å². The highest BCUT2D eigenvalue weighted by molar-refractivity contribution is 7.93. The van der Waals surface area contributed by atoms with Gasteiger partial charge in [0.05, 0.1) is 17.2 Å². The molecule has 0 atom stereocenters. The minimum absolute atomic E-state index is 0.101. The van der Waals surface area contributed by atoms with E-state index in [0.717, 1.165) is 27.1 Å². The molecule has 6 heteroatoms. The number of esters is 1. The second-order valence-corrected chi connectivity index (χ2v) is 9.13. The topological polar surface area (TPSA) is 63.7 Å². The zero-order chi connectivity index (χ0) is 23.8. The maximum Gasteiger partial charge on any atom is 0.332 e. The second kappa shape index (κ2) is 10.7. The van der Waals surface area contributed by atoms with E-state index in [1.54, 1.807) is 43.3 Å². The lowest BCUT2D eigenvalue weighted by Gasteiger charge is -2.22. The van der Waals surface area contributed by atoms with Gasteiger partial charge in [-0.05, 0) is 62.7 Å². The first-order valence-electron chi connectivity index (χ1n) is 10.4. The number of aryl methyl sites for hydroxylation is 2.